The molecule has 0 spiro atoms. The van der Waals surface area contributed by atoms with Crippen molar-refractivity contribution in [2.24, 2.45) is 10.2 Å². The lowest BCUT2D eigenvalue weighted by Gasteiger charge is -2.03. The van der Waals surface area contributed by atoms with E-state index in [0.717, 1.165) is 22.5 Å². The fraction of sp³-hybridized carbons (Fsp3) is 0.278. The number of hydrogen-bond donors (Lipinski definition) is 1. The summed E-state index contributed by atoms with van der Waals surface area (Å²) < 4.78 is 1.93. The molecule has 2 aromatic heterocycles. The topological polar surface area (TPSA) is 62.2 Å². The maximum Gasteiger partial charge on any atom is 0.183 e. The molecule has 0 saturated carbocycles. The van der Waals surface area contributed by atoms with Crippen LogP contribution in [0.5, 0.6) is 5.75 Å². The summed E-state index contributed by atoms with van der Waals surface area (Å²) in [7, 11) is 0. The highest BCUT2D eigenvalue weighted by atomic mass is 16.3. The molecule has 3 rings (SSSR count). The molecule has 118 valence electrons. The van der Waals surface area contributed by atoms with E-state index in [9.17, 15) is 5.11 Å². The second-order valence-corrected chi connectivity index (χ2v) is 6.10. The van der Waals surface area contributed by atoms with E-state index in [4.69, 9.17) is 0 Å². The van der Waals surface area contributed by atoms with Gasteiger partial charge in [-0.25, -0.2) is 4.98 Å². The maximum atomic E-state index is 9.92. The van der Waals surface area contributed by atoms with Crippen LogP contribution in [-0.4, -0.2) is 14.5 Å². The molecule has 0 saturated heterocycles. The van der Waals surface area contributed by atoms with Gasteiger partial charge in [0.25, 0.3) is 0 Å². The molecule has 2 heterocycles. The minimum atomic E-state index is 0.120. The van der Waals surface area contributed by atoms with Gasteiger partial charge in [-0.05, 0) is 55.2 Å². The van der Waals surface area contributed by atoms with E-state index < -0.39 is 0 Å². The third kappa shape index (κ3) is 2.95. The zero-order valence-electron chi connectivity index (χ0n) is 13.8. The van der Waals surface area contributed by atoms with Crippen LogP contribution in [0.2, 0.25) is 0 Å². The Bertz CT molecular complexity index is 893. The quantitative estimate of drug-likeness (QED) is 0.676. The lowest BCUT2D eigenvalue weighted by atomic mass is 10.1. The van der Waals surface area contributed by atoms with Gasteiger partial charge in [0.2, 0.25) is 0 Å². The van der Waals surface area contributed by atoms with Gasteiger partial charge in [-0.3, -0.25) is 4.40 Å². The minimum Gasteiger partial charge on any atom is -0.506 e. The van der Waals surface area contributed by atoms with Gasteiger partial charge in [0, 0.05) is 6.20 Å². The summed E-state index contributed by atoms with van der Waals surface area (Å²) in [4.78, 5) is 4.67. The lowest BCUT2D eigenvalue weighted by molar-refractivity contribution is 0.476. The van der Waals surface area contributed by atoms with Gasteiger partial charge in [0.05, 0.1) is 5.69 Å². The normalized spacial score (nSPS) is 11.9. The molecule has 1 N–H and O–H groups in total. The van der Waals surface area contributed by atoms with Gasteiger partial charge in [0.15, 0.2) is 5.82 Å². The van der Waals surface area contributed by atoms with Gasteiger partial charge in [-0.1, -0.05) is 19.9 Å². The molecule has 0 bridgehead atoms. The van der Waals surface area contributed by atoms with Crippen molar-refractivity contribution in [2.75, 3.05) is 0 Å². The van der Waals surface area contributed by atoms with Crippen molar-refractivity contribution in [3.8, 4) is 5.75 Å². The smallest absolute Gasteiger partial charge is 0.183 e. The number of phenols is 1. The van der Waals surface area contributed by atoms with Crippen molar-refractivity contribution < 1.29 is 5.11 Å². The number of rotatable bonds is 3. The standard InChI is InChI=1S/C18H20N4O/c1-11(2)17-18(22-8-7-13(4)10-16(22)19-17)21-20-14-9-12(3)5-6-15(14)23/h5-11,23H,1-4H3. The van der Waals surface area contributed by atoms with E-state index in [2.05, 4.69) is 29.1 Å². The summed E-state index contributed by atoms with van der Waals surface area (Å²) in [5.41, 5.74) is 4.39. The molecule has 5 heteroatoms. The molecule has 0 aliphatic carbocycles. The highest BCUT2D eigenvalue weighted by molar-refractivity contribution is 5.56. The first kappa shape index (κ1) is 15.2. The van der Waals surface area contributed by atoms with Gasteiger partial charge in [-0.2, -0.15) is 0 Å². The molecule has 1 aromatic carbocycles. The molecule has 23 heavy (non-hydrogen) atoms. The Kier molecular flexibility index (Phi) is 3.86. The van der Waals surface area contributed by atoms with Crippen molar-refractivity contribution in [3.63, 3.8) is 0 Å². The van der Waals surface area contributed by atoms with Crippen LogP contribution in [-0.2, 0) is 0 Å². The highest BCUT2D eigenvalue weighted by Crippen LogP contribution is 2.32. The summed E-state index contributed by atoms with van der Waals surface area (Å²) in [5, 5.41) is 18.5. The second-order valence-electron chi connectivity index (χ2n) is 6.10. The van der Waals surface area contributed by atoms with E-state index in [1.165, 1.54) is 0 Å². The van der Waals surface area contributed by atoms with Crippen molar-refractivity contribution >= 4 is 17.2 Å². The number of hydrogen-bond acceptors (Lipinski definition) is 4. The molecule has 0 amide bonds. The van der Waals surface area contributed by atoms with Gasteiger partial charge < -0.3 is 5.11 Å². The van der Waals surface area contributed by atoms with Crippen LogP contribution < -0.4 is 0 Å². The summed E-state index contributed by atoms with van der Waals surface area (Å²) in [6, 6.07) is 9.31. The average Bonchev–Trinajstić information content (AvgIpc) is 2.86. The lowest BCUT2D eigenvalue weighted by Crippen LogP contribution is -1.87. The molecule has 5 nitrogen and oxygen atoms in total. The number of fused-ring (bicyclic) bond motifs is 1. The van der Waals surface area contributed by atoms with Gasteiger partial charge in [-0.15, -0.1) is 10.2 Å². The Morgan fingerprint density at radius 2 is 1.78 bits per heavy atom. The zero-order chi connectivity index (χ0) is 16.6. The predicted octanol–water partition coefficient (Wildman–Crippen LogP) is 5.20. The number of benzene rings is 1. The van der Waals surface area contributed by atoms with Crippen LogP contribution >= 0.6 is 0 Å². The summed E-state index contributed by atoms with van der Waals surface area (Å²) in [6.45, 7) is 8.15. The zero-order valence-corrected chi connectivity index (χ0v) is 13.8. The van der Waals surface area contributed by atoms with Gasteiger partial charge in [0.1, 0.15) is 17.1 Å². The van der Waals surface area contributed by atoms with Crippen LogP contribution in [0.4, 0.5) is 11.5 Å². The molecule has 0 aliphatic heterocycles. The highest BCUT2D eigenvalue weighted by Gasteiger charge is 2.15. The van der Waals surface area contributed by atoms with E-state index >= 15 is 0 Å². The molecule has 0 fully saturated rings. The minimum absolute atomic E-state index is 0.120. The molecular formula is C18H20N4O. The largest absolute Gasteiger partial charge is 0.506 e. The number of nitrogens with zero attached hydrogens (tertiary/aromatic N) is 4. The fourth-order valence-electron chi connectivity index (χ4n) is 2.45. The van der Waals surface area contributed by atoms with Crippen molar-refractivity contribution in [2.45, 2.75) is 33.6 Å². The molecule has 0 radical (unpaired) electrons. The molecule has 0 unspecified atom stereocenters. The first-order chi connectivity index (χ1) is 11.0. The van der Waals surface area contributed by atoms with Crippen LogP contribution in [0, 0.1) is 13.8 Å². The van der Waals surface area contributed by atoms with Crippen molar-refractivity contribution in [1.29, 1.82) is 0 Å². The molecule has 3 aromatic rings. The Hall–Kier alpha value is -2.69. The fourth-order valence-corrected chi connectivity index (χ4v) is 2.45. The summed E-state index contributed by atoms with van der Waals surface area (Å²) in [5.74, 6) is 1.06. The Balaban J connectivity index is 2.13. The first-order valence-corrected chi connectivity index (χ1v) is 7.65. The molecule has 0 atom stereocenters. The molecular weight excluding hydrogens is 288 g/mol. The van der Waals surface area contributed by atoms with Crippen molar-refractivity contribution in [1.82, 2.24) is 9.38 Å². The second kappa shape index (κ2) is 5.83. The summed E-state index contributed by atoms with van der Waals surface area (Å²) in [6.07, 6.45) is 1.95. The number of pyridine rings is 1. The van der Waals surface area contributed by atoms with Gasteiger partial charge >= 0.3 is 0 Å². The Morgan fingerprint density at radius 3 is 2.52 bits per heavy atom. The van der Waals surface area contributed by atoms with Crippen molar-refractivity contribution in [3.05, 3.63) is 53.3 Å². The van der Waals surface area contributed by atoms with E-state index in [-0.39, 0.29) is 11.7 Å². The third-order valence-corrected chi connectivity index (χ3v) is 3.71. The number of aryl methyl sites for hydroxylation is 2. The number of aromatic nitrogens is 2. The third-order valence-electron chi connectivity index (χ3n) is 3.71. The first-order valence-electron chi connectivity index (χ1n) is 7.65. The predicted molar refractivity (Wildman–Crippen MR) is 91.0 cm³/mol. The monoisotopic (exact) mass is 308 g/mol. The number of imidazole rings is 1. The maximum absolute atomic E-state index is 9.92. The van der Waals surface area contributed by atoms with E-state index in [1.54, 1.807) is 12.1 Å². The van der Waals surface area contributed by atoms with Crippen LogP contribution in [0.25, 0.3) is 5.65 Å². The summed E-state index contributed by atoms with van der Waals surface area (Å²) >= 11 is 0. The number of azo groups is 1. The van der Waals surface area contributed by atoms with Crippen LogP contribution in [0.15, 0.2) is 46.8 Å². The van der Waals surface area contributed by atoms with E-state index in [1.807, 2.05) is 42.6 Å². The molecule has 0 aliphatic rings. The SMILES string of the molecule is Cc1ccc(O)c(N=Nc2c(C(C)C)nc3cc(C)ccn23)c1. The number of aromatic hydroxyl groups is 1. The average molecular weight is 308 g/mol. The Labute approximate surface area is 135 Å². The van der Waals surface area contributed by atoms with Crippen LogP contribution in [0.1, 0.15) is 36.6 Å². The number of phenolic OH excluding ortho intramolecular Hbond substituents is 1. The van der Waals surface area contributed by atoms with Crippen LogP contribution in [0.3, 0.4) is 0 Å². The Morgan fingerprint density at radius 1 is 1.04 bits per heavy atom. The van der Waals surface area contributed by atoms with E-state index in [0.29, 0.717) is 11.5 Å².